The van der Waals surface area contributed by atoms with Crippen molar-refractivity contribution >= 4 is 0 Å². The molecule has 2 heteroatoms. The first-order valence-corrected chi connectivity index (χ1v) is 5.65. The Bertz CT molecular complexity index is 268. The molecule has 0 unspecified atom stereocenters. The van der Waals surface area contributed by atoms with E-state index in [2.05, 4.69) is 43.0 Å². The molecule has 0 aromatic heterocycles. The van der Waals surface area contributed by atoms with Crippen LogP contribution in [0, 0.1) is 6.92 Å². The highest BCUT2D eigenvalue weighted by molar-refractivity contribution is 5.21. The van der Waals surface area contributed by atoms with Gasteiger partial charge in [-0.05, 0) is 25.5 Å². The third-order valence-corrected chi connectivity index (χ3v) is 2.70. The summed E-state index contributed by atoms with van der Waals surface area (Å²) >= 11 is 0. The van der Waals surface area contributed by atoms with Crippen LogP contribution in [-0.2, 0) is 6.42 Å². The molecule has 0 aliphatic carbocycles. The number of hydrogen-bond acceptors (Lipinski definition) is 2. The molecule has 0 saturated carbocycles. The van der Waals surface area contributed by atoms with Crippen LogP contribution in [0.15, 0.2) is 24.3 Å². The summed E-state index contributed by atoms with van der Waals surface area (Å²) in [5.74, 6) is 0. The molecular formula is C13H21NO. The van der Waals surface area contributed by atoms with Crippen molar-refractivity contribution in [1.29, 1.82) is 0 Å². The second-order valence-corrected chi connectivity index (χ2v) is 3.89. The maximum Gasteiger partial charge on any atom is 0.0558 e. The normalized spacial score (nSPS) is 10.9. The average molecular weight is 207 g/mol. The van der Waals surface area contributed by atoms with E-state index in [1.807, 2.05) is 0 Å². The van der Waals surface area contributed by atoms with Crippen molar-refractivity contribution in [3.63, 3.8) is 0 Å². The van der Waals surface area contributed by atoms with E-state index in [0.29, 0.717) is 0 Å². The molecule has 84 valence electrons. The van der Waals surface area contributed by atoms with Gasteiger partial charge < -0.3 is 10.0 Å². The minimum absolute atomic E-state index is 0.252. The van der Waals surface area contributed by atoms with Crippen LogP contribution in [-0.4, -0.2) is 36.2 Å². The smallest absolute Gasteiger partial charge is 0.0558 e. The fourth-order valence-corrected chi connectivity index (χ4v) is 1.61. The first kappa shape index (κ1) is 12.2. The van der Waals surface area contributed by atoms with E-state index in [0.717, 1.165) is 26.1 Å². The molecule has 1 N–H and O–H groups in total. The third kappa shape index (κ3) is 4.45. The lowest BCUT2D eigenvalue weighted by Gasteiger charge is -2.18. The zero-order valence-electron chi connectivity index (χ0n) is 9.74. The highest BCUT2D eigenvalue weighted by Crippen LogP contribution is 2.04. The van der Waals surface area contributed by atoms with Crippen LogP contribution in [0.3, 0.4) is 0 Å². The number of rotatable bonds is 6. The maximum absolute atomic E-state index is 8.86. The van der Waals surface area contributed by atoms with Crippen molar-refractivity contribution < 1.29 is 5.11 Å². The summed E-state index contributed by atoms with van der Waals surface area (Å²) in [4.78, 5) is 2.26. The first-order chi connectivity index (χ1) is 7.26. The molecule has 15 heavy (non-hydrogen) atoms. The fourth-order valence-electron chi connectivity index (χ4n) is 1.61. The van der Waals surface area contributed by atoms with Gasteiger partial charge in [-0.25, -0.2) is 0 Å². The van der Waals surface area contributed by atoms with E-state index in [9.17, 15) is 0 Å². The van der Waals surface area contributed by atoms with E-state index in [-0.39, 0.29) is 6.61 Å². The van der Waals surface area contributed by atoms with Crippen LogP contribution in [0.5, 0.6) is 0 Å². The Balaban J connectivity index is 2.38. The molecule has 0 radical (unpaired) electrons. The van der Waals surface area contributed by atoms with Crippen molar-refractivity contribution in [2.24, 2.45) is 0 Å². The number of likely N-dealkylation sites (N-methyl/N-ethyl adjacent to an activating group) is 1. The van der Waals surface area contributed by atoms with Gasteiger partial charge in [-0.15, -0.1) is 0 Å². The van der Waals surface area contributed by atoms with Crippen LogP contribution < -0.4 is 0 Å². The Morgan fingerprint density at radius 1 is 1.13 bits per heavy atom. The standard InChI is InChI=1S/C13H21NO/c1-3-14(10-11-15)9-8-13-6-4-12(2)5-7-13/h4-7,15H,3,8-11H2,1-2H3. The molecule has 0 bridgehead atoms. The van der Waals surface area contributed by atoms with Crippen LogP contribution in [0.25, 0.3) is 0 Å². The number of aliphatic hydroxyl groups is 1. The quantitative estimate of drug-likeness (QED) is 0.769. The van der Waals surface area contributed by atoms with Gasteiger partial charge in [0.15, 0.2) is 0 Å². The van der Waals surface area contributed by atoms with Gasteiger partial charge in [0.25, 0.3) is 0 Å². The summed E-state index contributed by atoms with van der Waals surface area (Å²) in [6, 6.07) is 8.67. The summed E-state index contributed by atoms with van der Waals surface area (Å²) < 4.78 is 0. The Kier molecular flexibility index (Phi) is 5.37. The minimum atomic E-state index is 0.252. The molecule has 0 spiro atoms. The molecule has 0 amide bonds. The predicted octanol–water partition coefficient (Wildman–Crippen LogP) is 1.85. The lowest BCUT2D eigenvalue weighted by Crippen LogP contribution is -2.28. The summed E-state index contributed by atoms with van der Waals surface area (Å²) in [5.41, 5.74) is 2.68. The molecule has 2 nitrogen and oxygen atoms in total. The van der Waals surface area contributed by atoms with E-state index in [1.54, 1.807) is 0 Å². The molecule has 1 aromatic rings. The van der Waals surface area contributed by atoms with Crippen LogP contribution in [0.2, 0.25) is 0 Å². The molecule has 1 aromatic carbocycles. The molecule has 0 aliphatic rings. The van der Waals surface area contributed by atoms with Gasteiger partial charge in [0.1, 0.15) is 0 Å². The third-order valence-electron chi connectivity index (χ3n) is 2.70. The van der Waals surface area contributed by atoms with Crippen molar-refractivity contribution in [2.45, 2.75) is 20.3 Å². The lowest BCUT2D eigenvalue weighted by molar-refractivity contribution is 0.203. The van der Waals surface area contributed by atoms with Gasteiger partial charge in [-0.1, -0.05) is 36.8 Å². The van der Waals surface area contributed by atoms with E-state index >= 15 is 0 Å². The Morgan fingerprint density at radius 2 is 1.80 bits per heavy atom. The second kappa shape index (κ2) is 6.59. The fraction of sp³-hybridized carbons (Fsp3) is 0.538. The van der Waals surface area contributed by atoms with Crippen molar-refractivity contribution in [3.8, 4) is 0 Å². The molecular weight excluding hydrogens is 186 g/mol. The van der Waals surface area contributed by atoms with Gasteiger partial charge >= 0.3 is 0 Å². The van der Waals surface area contributed by atoms with E-state index < -0.39 is 0 Å². The molecule has 0 saturated heterocycles. The van der Waals surface area contributed by atoms with Crippen molar-refractivity contribution in [1.82, 2.24) is 4.90 Å². The molecule has 1 rings (SSSR count). The monoisotopic (exact) mass is 207 g/mol. The second-order valence-electron chi connectivity index (χ2n) is 3.89. The zero-order chi connectivity index (χ0) is 11.1. The Morgan fingerprint density at radius 3 is 2.33 bits per heavy atom. The Hall–Kier alpha value is -0.860. The van der Waals surface area contributed by atoms with Gasteiger partial charge in [0, 0.05) is 13.1 Å². The summed E-state index contributed by atoms with van der Waals surface area (Å²) in [6.07, 6.45) is 1.06. The van der Waals surface area contributed by atoms with Crippen molar-refractivity contribution in [2.75, 3.05) is 26.2 Å². The SMILES string of the molecule is CCN(CCO)CCc1ccc(C)cc1. The maximum atomic E-state index is 8.86. The number of aliphatic hydroxyl groups excluding tert-OH is 1. The summed E-state index contributed by atoms with van der Waals surface area (Å²) in [5, 5.41) is 8.86. The summed E-state index contributed by atoms with van der Waals surface area (Å²) in [7, 11) is 0. The minimum Gasteiger partial charge on any atom is -0.395 e. The number of aryl methyl sites for hydroxylation is 1. The predicted molar refractivity (Wildman–Crippen MR) is 64.1 cm³/mol. The number of benzene rings is 1. The molecule has 0 fully saturated rings. The largest absolute Gasteiger partial charge is 0.395 e. The highest BCUT2D eigenvalue weighted by atomic mass is 16.3. The van der Waals surface area contributed by atoms with Crippen LogP contribution in [0.1, 0.15) is 18.1 Å². The lowest BCUT2D eigenvalue weighted by atomic mass is 10.1. The highest BCUT2D eigenvalue weighted by Gasteiger charge is 2.01. The van der Waals surface area contributed by atoms with E-state index in [4.69, 9.17) is 5.11 Å². The Labute approximate surface area is 92.5 Å². The number of nitrogens with zero attached hydrogens (tertiary/aromatic N) is 1. The summed E-state index contributed by atoms with van der Waals surface area (Å²) in [6.45, 7) is 7.30. The van der Waals surface area contributed by atoms with Crippen LogP contribution in [0.4, 0.5) is 0 Å². The average Bonchev–Trinajstić information content (AvgIpc) is 2.26. The first-order valence-electron chi connectivity index (χ1n) is 5.65. The van der Waals surface area contributed by atoms with Crippen molar-refractivity contribution in [3.05, 3.63) is 35.4 Å². The number of hydrogen-bond donors (Lipinski definition) is 1. The van der Waals surface area contributed by atoms with Gasteiger partial charge in [-0.3, -0.25) is 0 Å². The topological polar surface area (TPSA) is 23.5 Å². The zero-order valence-corrected chi connectivity index (χ0v) is 9.74. The molecule has 0 atom stereocenters. The van der Waals surface area contributed by atoms with Gasteiger partial charge in [0.05, 0.1) is 6.61 Å². The molecule has 0 heterocycles. The van der Waals surface area contributed by atoms with Gasteiger partial charge in [0.2, 0.25) is 0 Å². The van der Waals surface area contributed by atoms with Crippen LogP contribution >= 0.6 is 0 Å². The molecule has 0 aliphatic heterocycles. The van der Waals surface area contributed by atoms with Gasteiger partial charge in [-0.2, -0.15) is 0 Å². The van der Waals surface area contributed by atoms with E-state index in [1.165, 1.54) is 11.1 Å².